The van der Waals surface area contributed by atoms with Crippen molar-refractivity contribution in [2.45, 2.75) is 19.1 Å². The van der Waals surface area contributed by atoms with Gasteiger partial charge in [0.05, 0.1) is 0 Å². The largest absolute Gasteiger partial charge is 0.289 e. The number of sulfonamides is 1. The van der Waals surface area contributed by atoms with E-state index < -0.39 is 21.1 Å². The summed E-state index contributed by atoms with van der Waals surface area (Å²) in [5.74, 6) is -0.834. The lowest BCUT2D eigenvalue weighted by atomic mass is 10.3. The number of rotatable bonds is 3. The van der Waals surface area contributed by atoms with Crippen LogP contribution in [-0.4, -0.2) is 29.4 Å². The van der Waals surface area contributed by atoms with Crippen LogP contribution in [0.3, 0.4) is 0 Å². The van der Waals surface area contributed by atoms with Gasteiger partial charge in [-0.25, -0.2) is 23.5 Å². The van der Waals surface area contributed by atoms with Crippen LogP contribution < -0.4 is 5.14 Å². The number of ketones is 1. The maximum Gasteiger partial charge on any atom is 0.219 e. The van der Waals surface area contributed by atoms with Gasteiger partial charge in [0.1, 0.15) is 5.25 Å². The Kier molecular flexibility index (Phi) is 3.15. The molecule has 0 amide bonds. The average Bonchev–Trinajstić information content (AvgIpc) is 2.15. The standard InChI is InChI=1S/C8H11N3O3S/c1-5-3-10-8(11-4-5)7(12)6(2)15(9,13)14/h3-4,6H,1-2H3,(H2,9,13,14)/t6-/m1/s1. The summed E-state index contributed by atoms with van der Waals surface area (Å²) in [6.45, 7) is 2.97. The van der Waals surface area contributed by atoms with Gasteiger partial charge in [-0.15, -0.1) is 0 Å². The SMILES string of the molecule is Cc1cnc(C(=O)[C@@H](C)S(N)(=O)=O)nc1. The van der Waals surface area contributed by atoms with E-state index in [2.05, 4.69) is 9.97 Å². The summed E-state index contributed by atoms with van der Waals surface area (Å²) in [5.41, 5.74) is 0.787. The van der Waals surface area contributed by atoms with Crippen LogP contribution in [-0.2, 0) is 10.0 Å². The molecule has 0 radical (unpaired) electrons. The number of hydrogen-bond acceptors (Lipinski definition) is 5. The molecule has 15 heavy (non-hydrogen) atoms. The van der Waals surface area contributed by atoms with Crippen LogP contribution in [0, 0.1) is 6.92 Å². The van der Waals surface area contributed by atoms with Gasteiger partial charge in [-0.3, -0.25) is 4.79 Å². The summed E-state index contributed by atoms with van der Waals surface area (Å²) >= 11 is 0. The van der Waals surface area contributed by atoms with E-state index in [1.54, 1.807) is 6.92 Å². The number of Topliss-reactive ketones (excluding diaryl/α,β-unsaturated/α-hetero) is 1. The molecule has 82 valence electrons. The highest BCUT2D eigenvalue weighted by Crippen LogP contribution is 2.03. The van der Waals surface area contributed by atoms with Crippen LogP contribution in [0.2, 0.25) is 0 Å². The Bertz CT molecular complexity index is 466. The third kappa shape index (κ3) is 2.80. The van der Waals surface area contributed by atoms with Crippen LogP contribution in [0.25, 0.3) is 0 Å². The van der Waals surface area contributed by atoms with E-state index in [0.29, 0.717) is 0 Å². The first-order valence-corrected chi connectivity index (χ1v) is 5.78. The highest BCUT2D eigenvalue weighted by molar-refractivity contribution is 7.90. The number of aryl methyl sites for hydroxylation is 1. The molecule has 0 aliphatic carbocycles. The third-order valence-electron chi connectivity index (χ3n) is 1.86. The van der Waals surface area contributed by atoms with Crippen LogP contribution in [0.4, 0.5) is 0 Å². The zero-order chi connectivity index (χ0) is 11.6. The molecule has 2 N–H and O–H groups in total. The second-order valence-corrected chi connectivity index (χ2v) is 5.06. The molecule has 1 rings (SSSR count). The zero-order valence-corrected chi connectivity index (χ0v) is 9.15. The lowest BCUT2D eigenvalue weighted by Gasteiger charge is -2.06. The molecule has 1 aromatic rings. The van der Waals surface area contributed by atoms with Crippen molar-refractivity contribution in [2.75, 3.05) is 0 Å². The van der Waals surface area contributed by atoms with Crippen LogP contribution in [0.5, 0.6) is 0 Å². The quantitative estimate of drug-likeness (QED) is 0.713. The van der Waals surface area contributed by atoms with Gasteiger partial charge in [0.2, 0.25) is 15.8 Å². The zero-order valence-electron chi connectivity index (χ0n) is 8.34. The molecule has 6 nitrogen and oxygen atoms in total. The van der Waals surface area contributed by atoms with E-state index in [9.17, 15) is 13.2 Å². The summed E-state index contributed by atoms with van der Waals surface area (Å²) in [7, 11) is -3.89. The van der Waals surface area contributed by atoms with Crippen molar-refractivity contribution >= 4 is 15.8 Å². The van der Waals surface area contributed by atoms with Gasteiger partial charge in [0.25, 0.3) is 0 Å². The van der Waals surface area contributed by atoms with Crippen molar-refractivity contribution in [2.24, 2.45) is 5.14 Å². The predicted molar refractivity (Wildman–Crippen MR) is 53.7 cm³/mol. The molecule has 0 aromatic carbocycles. The molecule has 0 aliphatic heterocycles. The maximum atomic E-state index is 11.5. The molecule has 1 aromatic heterocycles. The van der Waals surface area contributed by atoms with Crippen molar-refractivity contribution in [3.63, 3.8) is 0 Å². The summed E-state index contributed by atoms with van der Waals surface area (Å²) < 4.78 is 21.8. The smallest absolute Gasteiger partial charge is 0.219 e. The molecule has 1 atom stereocenters. The predicted octanol–water partition coefficient (Wildman–Crippen LogP) is -0.355. The molecule has 1 heterocycles. The lowest BCUT2D eigenvalue weighted by molar-refractivity contribution is 0.0981. The van der Waals surface area contributed by atoms with Crippen molar-refractivity contribution in [1.29, 1.82) is 0 Å². The van der Waals surface area contributed by atoms with Gasteiger partial charge in [-0.05, 0) is 19.4 Å². The van der Waals surface area contributed by atoms with Crippen LogP contribution in [0.15, 0.2) is 12.4 Å². The molecular formula is C8H11N3O3S. The Morgan fingerprint density at radius 3 is 2.27 bits per heavy atom. The van der Waals surface area contributed by atoms with Crippen molar-refractivity contribution in [1.82, 2.24) is 9.97 Å². The minimum absolute atomic E-state index is 0.137. The number of carbonyl (C=O) groups is 1. The summed E-state index contributed by atoms with van der Waals surface area (Å²) in [5, 5.41) is 3.52. The van der Waals surface area contributed by atoms with E-state index in [1.807, 2.05) is 0 Å². The molecule has 0 aliphatic rings. The number of primary sulfonamides is 1. The Balaban J connectivity index is 3.01. The number of carbonyl (C=O) groups excluding carboxylic acids is 1. The van der Waals surface area contributed by atoms with Gasteiger partial charge >= 0.3 is 0 Å². The van der Waals surface area contributed by atoms with Crippen molar-refractivity contribution < 1.29 is 13.2 Å². The molecule has 0 unspecified atom stereocenters. The van der Waals surface area contributed by atoms with E-state index in [0.717, 1.165) is 5.56 Å². The first-order valence-electron chi connectivity index (χ1n) is 4.17. The molecule has 0 saturated carbocycles. The molecule has 0 saturated heterocycles. The lowest BCUT2D eigenvalue weighted by Crippen LogP contribution is -2.33. The molecular weight excluding hydrogens is 218 g/mol. The topological polar surface area (TPSA) is 103 Å². The highest BCUT2D eigenvalue weighted by Gasteiger charge is 2.27. The number of hydrogen-bond donors (Lipinski definition) is 1. The van der Waals surface area contributed by atoms with Gasteiger partial charge in [-0.1, -0.05) is 0 Å². The second kappa shape index (κ2) is 4.03. The summed E-state index contributed by atoms with van der Waals surface area (Å²) in [6.07, 6.45) is 2.88. The van der Waals surface area contributed by atoms with Crippen LogP contribution >= 0.6 is 0 Å². The van der Waals surface area contributed by atoms with E-state index in [1.165, 1.54) is 19.3 Å². The number of nitrogens with zero attached hydrogens (tertiary/aromatic N) is 2. The van der Waals surface area contributed by atoms with Crippen LogP contribution in [0.1, 0.15) is 23.1 Å². The van der Waals surface area contributed by atoms with Gasteiger partial charge < -0.3 is 0 Å². The number of nitrogens with two attached hydrogens (primary N) is 1. The minimum Gasteiger partial charge on any atom is -0.289 e. The molecule has 0 fully saturated rings. The Morgan fingerprint density at radius 2 is 1.87 bits per heavy atom. The average molecular weight is 229 g/mol. The normalized spacial score (nSPS) is 13.5. The third-order valence-corrected chi connectivity index (χ3v) is 3.06. The van der Waals surface area contributed by atoms with Crippen molar-refractivity contribution in [3.05, 3.63) is 23.8 Å². The first kappa shape index (κ1) is 11.7. The summed E-state index contributed by atoms with van der Waals surface area (Å²) in [6, 6.07) is 0. The molecule has 0 spiro atoms. The van der Waals surface area contributed by atoms with Gasteiger partial charge in [0, 0.05) is 12.4 Å². The Labute approximate surface area is 87.6 Å². The second-order valence-electron chi connectivity index (χ2n) is 3.18. The molecule has 0 bridgehead atoms. The van der Waals surface area contributed by atoms with Crippen molar-refractivity contribution in [3.8, 4) is 0 Å². The Hall–Kier alpha value is -1.34. The van der Waals surface area contributed by atoms with E-state index in [-0.39, 0.29) is 5.82 Å². The minimum atomic E-state index is -3.89. The monoisotopic (exact) mass is 229 g/mol. The van der Waals surface area contributed by atoms with Gasteiger partial charge in [-0.2, -0.15) is 0 Å². The fourth-order valence-electron chi connectivity index (χ4n) is 0.851. The van der Waals surface area contributed by atoms with Gasteiger partial charge in [0.15, 0.2) is 5.82 Å². The maximum absolute atomic E-state index is 11.5. The number of aromatic nitrogens is 2. The first-order chi connectivity index (χ1) is 6.82. The fraction of sp³-hybridized carbons (Fsp3) is 0.375. The van der Waals surface area contributed by atoms with E-state index >= 15 is 0 Å². The Morgan fingerprint density at radius 1 is 1.40 bits per heavy atom. The fourth-order valence-corrected chi connectivity index (χ4v) is 1.25. The molecule has 7 heteroatoms. The highest BCUT2D eigenvalue weighted by atomic mass is 32.2. The van der Waals surface area contributed by atoms with E-state index in [4.69, 9.17) is 5.14 Å². The summed E-state index contributed by atoms with van der Waals surface area (Å²) in [4.78, 5) is 19.0.